The molecular weight excluding hydrogens is 348 g/mol. The van der Waals surface area contributed by atoms with Crippen LogP contribution in [0.1, 0.15) is 39.7 Å². The van der Waals surface area contributed by atoms with Crippen molar-refractivity contribution in [2.75, 3.05) is 25.5 Å². The number of fused-ring (bicyclic) bond motifs is 1. The quantitative estimate of drug-likeness (QED) is 0.791. The second-order valence-electron chi connectivity index (χ2n) is 7.03. The number of methoxy groups -OCH3 is 1. The molecule has 1 saturated carbocycles. The van der Waals surface area contributed by atoms with Gasteiger partial charge in [0.25, 0.3) is 5.91 Å². The number of esters is 1. The van der Waals surface area contributed by atoms with Gasteiger partial charge in [-0.05, 0) is 36.4 Å². The van der Waals surface area contributed by atoms with Crippen LogP contribution < -0.4 is 10.2 Å². The number of para-hydroxylation sites is 1. The molecule has 0 radical (unpaired) electrons. The first kappa shape index (κ1) is 17.2. The van der Waals surface area contributed by atoms with Crippen molar-refractivity contribution in [1.29, 1.82) is 0 Å². The summed E-state index contributed by atoms with van der Waals surface area (Å²) in [5, 5.41) is 5.09. The van der Waals surface area contributed by atoms with Crippen molar-refractivity contribution in [2.45, 2.75) is 25.3 Å². The summed E-state index contributed by atoms with van der Waals surface area (Å²) in [5.74, 6) is 0.208. The molecule has 2 aromatic rings. The van der Waals surface area contributed by atoms with E-state index in [1.165, 1.54) is 35.3 Å². The topological polar surface area (TPSA) is 59.8 Å². The van der Waals surface area contributed by atoms with Crippen LogP contribution >= 0.6 is 11.3 Å². The number of hydrogen-bond donors (Lipinski definition) is 2. The Kier molecular flexibility index (Phi) is 4.78. The zero-order valence-electron chi connectivity index (χ0n) is 14.8. The van der Waals surface area contributed by atoms with E-state index in [1.54, 1.807) is 24.3 Å². The maximum atomic E-state index is 12.7. The van der Waals surface area contributed by atoms with Crippen LogP contribution in [0.2, 0.25) is 0 Å². The summed E-state index contributed by atoms with van der Waals surface area (Å²) in [6.45, 7) is 1.41. The number of nitrogens with one attached hydrogen (secondary N) is 2. The molecular formula is C20H23N2O3S+. The molecule has 0 bridgehead atoms. The summed E-state index contributed by atoms with van der Waals surface area (Å²) >= 11 is 1.84. The molecule has 0 saturated heterocycles. The van der Waals surface area contributed by atoms with Crippen molar-refractivity contribution < 1.29 is 19.2 Å². The van der Waals surface area contributed by atoms with E-state index in [0.29, 0.717) is 29.8 Å². The molecule has 26 heavy (non-hydrogen) atoms. The maximum absolute atomic E-state index is 12.7. The number of rotatable bonds is 5. The maximum Gasteiger partial charge on any atom is 0.339 e. The van der Waals surface area contributed by atoms with E-state index in [9.17, 15) is 9.59 Å². The van der Waals surface area contributed by atoms with E-state index in [0.717, 1.165) is 13.0 Å². The molecule has 0 spiro atoms. The lowest BCUT2D eigenvalue weighted by atomic mass is 9.96. The van der Waals surface area contributed by atoms with E-state index >= 15 is 0 Å². The Bertz CT molecular complexity index is 828. The summed E-state index contributed by atoms with van der Waals surface area (Å²) in [7, 11) is 1.34. The molecule has 2 N–H and O–H groups in total. The molecule has 1 amide bonds. The zero-order valence-corrected chi connectivity index (χ0v) is 15.6. The highest BCUT2D eigenvalue weighted by Gasteiger charge is 2.43. The Morgan fingerprint density at radius 3 is 2.85 bits per heavy atom. The SMILES string of the molecule is COC(=O)c1ccccc1NC(=O)C[NH+]1CCc2sccc2[C@@H]1C1CC1. The molecule has 6 heteroatoms. The van der Waals surface area contributed by atoms with E-state index in [1.807, 2.05) is 11.3 Å². The molecule has 1 aliphatic heterocycles. The molecule has 2 atom stereocenters. The number of ether oxygens (including phenoxy) is 1. The number of anilines is 1. The van der Waals surface area contributed by atoms with Crippen LogP contribution in [0.15, 0.2) is 35.7 Å². The Balaban J connectivity index is 1.48. The van der Waals surface area contributed by atoms with Gasteiger partial charge in [0, 0.05) is 22.8 Å². The summed E-state index contributed by atoms with van der Waals surface area (Å²) in [6, 6.07) is 9.66. The number of hydrogen-bond acceptors (Lipinski definition) is 4. The first-order valence-corrected chi connectivity index (χ1v) is 9.93. The van der Waals surface area contributed by atoms with Gasteiger partial charge in [0.05, 0.1) is 24.9 Å². The molecule has 2 heterocycles. The van der Waals surface area contributed by atoms with Crippen molar-refractivity contribution in [3.63, 3.8) is 0 Å². The molecule has 5 nitrogen and oxygen atoms in total. The molecule has 1 unspecified atom stereocenters. The van der Waals surface area contributed by atoms with Crippen LogP contribution in [0.5, 0.6) is 0 Å². The number of carbonyl (C=O) groups excluding carboxylic acids is 2. The third-order valence-electron chi connectivity index (χ3n) is 5.32. The Morgan fingerprint density at radius 2 is 2.08 bits per heavy atom. The lowest BCUT2D eigenvalue weighted by molar-refractivity contribution is -0.928. The lowest BCUT2D eigenvalue weighted by Crippen LogP contribution is -3.14. The smallest absolute Gasteiger partial charge is 0.339 e. The number of amides is 1. The summed E-state index contributed by atoms with van der Waals surface area (Å²) < 4.78 is 4.80. The van der Waals surface area contributed by atoms with E-state index < -0.39 is 5.97 Å². The van der Waals surface area contributed by atoms with Gasteiger partial charge < -0.3 is 15.0 Å². The average Bonchev–Trinajstić information content (AvgIpc) is 3.37. The fourth-order valence-electron chi connectivity index (χ4n) is 3.98. The Labute approximate surface area is 157 Å². The third-order valence-corrected chi connectivity index (χ3v) is 6.31. The Morgan fingerprint density at radius 1 is 1.27 bits per heavy atom. The zero-order chi connectivity index (χ0) is 18.1. The predicted molar refractivity (Wildman–Crippen MR) is 101 cm³/mol. The van der Waals surface area contributed by atoms with Gasteiger partial charge in [0.1, 0.15) is 6.04 Å². The molecule has 1 aromatic heterocycles. The minimum atomic E-state index is -0.440. The minimum absolute atomic E-state index is 0.0549. The summed E-state index contributed by atoms with van der Waals surface area (Å²) in [4.78, 5) is 27.4. The number of benzene rings is 1. The molecule has 1 aliphatic carbocycles. The van der Waals surface area contributed by atoms with E-state index in [2.05, 4.69) is 16.8 Å². The van der Waals surface area contributed by atoms with Crippen LogP contribution in [0.25, 0.3) is 0 Å². The largest absolute Gasteiger partial charge is 0.465 e. The van der Waals surface area contributed by atoms with Gasteiger partial charge in [-0.2, -0.15) is 0 Å². The highest BCUT2D eigenvalue weighted by molar-refractivity contribution is 7.10. The first-order chi connectivity index (χ1) is 12.7. The number of quaternary nitrogens is 1. The fourth-order valence-corrected chi connectivity index (χ4v) is 4.91. The van der Waals surface area contributed by atoms with Gasteiger partial charge in [0.2, 0.25) is 0 Å². The van der Waals surface area contributed by atoms with Crippen LogP contribution in [-0.4, -0.2) is 32.1 Å². The van der Waals surface area contributed by atoms with Crippen molar-refractivity contribution >= 4 is 28.9 Å². The highest BCUT2D eigenvalue weighted by Crippen LogP contribution is 2.42. The second kappa shape index (κ2) is 7.21. The van der Waals surface area contributed by atoms with Crippen LogP contribution in [0.3, 0.4) is 0 Å². The lowest BCUT2D eigenvalue weighted by Gasteiger charge is -2.32. The second-order valence-corrected chi connectivity index (χ2v) is 8.04. The van der Waals surface area contributed by atoms with Crippen molar-refractivity contribution in [2.24, 2.45) is 5.92 Å². The van der Waals surface area contributed by atoms with Gasteiger partial charge in [-0.25, -0.2) is 4.79 Å². The van der Waals surface area contributed by atoms with E-state index in [-0.39, 0.29) is 5.91 Å². The van der Waals surface area contributed by atoms with Crippen molar-refractivity contribution in [3.05, 3.63) is 51.7 Å². The van der Waals surface area contributed by atoms with Crippen LogP contribution in [0.4, 0.5) is 5.69 Å². The molecule has 1 fully saturated rings. The van der Waals surface area contributed by atoms with Gasteiger partial charge in [0.15, 0.2) is 6.54 Å². The van der Waals surface area contributed by atoms with Crippen molar-refractivity contribution in [1.82, 2.24) is 0 Å². The fraction of sp³-hybridized carbons (Fsp3) is 0.400. The monoisotopic (exact) mass is 371 g/mol. The average molecular weight is 371 g/mol. The van der Waals surface area contributed by atoms with Gasteiger partial charge >= 0.3 is 5.97 Å². The molecule has 2 aliphatic rings. The minimum Gasteiger partial charge on any atom is -0.465 e. The van der Waals surface area contributed by atoms with Gasteiger partial charge in [-0.15, -0.1) is 11.3 Å². The Hall–Kier alpha value is -2.18. The predicted octanol–water partition coefficient (Wildman–Crippen LogP) is 2.07. The summed E-state index contributed by atoms with van der Waals surface area (Å²) in [5.41, 5.74) is 2.34. The van der Waals surface area contributed by atoms with Crippen LogP contribution in [0, 0.1) is 5.92 Å². The van der Waals surface area contributed by atoms with Gasteiger partial charge in [-0.3, -0.25) is 4.79 Å². The van der Waals surface area contributed by atoms with Crippen LogP contribution in [-0.2, 0) is 16.0 Å². The molecule has 4 rings (SSSR count). The first-order valence-electron chi connectivity index (χ1n) is 9.05. The summed E-state index contributed by atoms with van der Waals surface area (Å²) in [6.07, 6.45) is 3.56. The van der Waals surface area contributed by atoms with Crippen molar-refractivity contribution in [3.8, 4) is 0 Å². The third kappa shape index (κ3) is 3.39. The molecule has 136 valence electrons. The van der Waals surface area contributed by atoms with E-state index in [4.69, 9.17) is 4.74 Å². The number of carbonyl (C=O) groups is 2. The standard InChI is InChI=1S/C20H22N2O3S/c1-25-20(24)14-4-2-3-5-16(14)21-18(23)12-22-10-8-17-15(9-11-26-17)19(22)13-6-7-13/h2-5,9,11,13,19H,6-8,10,12H2,1H3,(H,21,23)/p+1/t19-/m0/s1. The normalized spacial score (nSPS) is 21.7. The number of thiophene rings is 1. The highest BCUT2D eigenvalue weighted by atomic mass is 32.1. The van der Waals surface area contributed by atoms with Gasteiger partial charge in [-0.1, -0.05) is 12.1 Å². The molecule has 1 aromatic carbocycles.